The van der Waals surface area contributed by atoms with Crippen LogP contribution in [0.2, 0.25) is 0 Å². The van der Waals surface area contributed by atoms with Crippen molar-refractivity contribution in [2.45, 2.75) is 33.1 Å². The minimum absolute atomic E-state index is 0.371. The molecule has 7 heteroatoms. The molecule has 0 saturated heterocycles. The summed E-state index contributed by atoms with van der Waals surface area (Å²) in [5, 5.41) is 3.49. The van der Waals surface area contributed by atoms with Crippen LogP contribution in [0.25, 0.3) is 10.9 Å². The summed E-state index contributed by atoms with van der Waals surface area (Å²) in [6.45, 7) is 3.71. The van der Waals surface area contributed by atoms with Gasteiger partial charge < -0.3 is 10.1 Å². The van der Waals surface area contributed by atoms with E-state index in [4.69, 9.17) is 9.72 Å². The van der Waals surface area contributed by atoms with Gasteiger partial charge in [0.15, 0.2) is 6.61 Å². The Kier molecular flexibility index (Phi) is 7.61. The van der Waals surface area contributed by atoms with Gasteiger partial charge in [-0.2, -0.15) is 0 Å². The lowest BCUT2D eigenvalue weighted by Gasteiger charge is -2.15. The minimum Gasteiger partial charge on any atom is -0.452 e. The Bertz CT molecular complexity index is 1100. The van der Waals surface area contributed by atoms with Crippen molar-refractivity contribution in [1.82, 2.24) is 4.98 Å². The molecule has 0 fully saturated rings. The predicted molar refractivity (Wildman–Crippen MR) is 126 cm³/mol. The van der Waals surface area contributed by atoms with Gasteiger partial charge in [-0.25, -0.2) is 4.79 Å². The van der Waals surface area contributed by atoms with Crippen LogP contribution in [-0.2, 0) is 22.4 Å². The Morgan fingerprint density at radius 2 is 1.87 bits per heavy atom. The average Bonchev–Trinajstić information content (AvgIpc) is 2.73. The molecule has 0 radical (unpaired) electrons. The van der Waals surface area contributed by atoms with Gasteiger partial charge in [0.1, 0.15) is 0 Å². The van der Waals surface area contributed by atoms with Crippen molar-refractivity contribution in [2.75, 3.05) is 11.9 Å². The monoisotopic (exact) mass is 532 g/mol. The Morgan fingerprint density at radius 1 is 1.10 bits per heavy atom. The summed E-state index contributed by atoms with van der Waals surface area (Å²) < 4.78 is 7.02. The summed E-state index contributed by atoms with van der Waals surface area (Å²) in [7, 11) is 0. The van der Waals surface area contributed by atoms with Gasteiger partial charge in [0.05, 0.1) is 16.8 Å². The van der Waals surface area contributed by atoms with Crippen LogP contribution in [0.15, 0.2) is 51.4 Å². The fourth-order valence-electron chi connectivity index (χ4n) is 3.34. The van der Waals surface area contributed by atoms with Gasteiger partial charge in [-0.3, -0.25) is 9.78 Å². The van der Waals surface area contributed by atoms with E-state index in [1.165, 1.54) is 0 Å². The molecule has 30 heavy (non-hydrogen) atoms. The molecule has 2 aromatic carbocycles. The third-order valence-electron chi connectivity index (χ3n) is 4.66. The molecule has 0 saturated carbocycles. The zero-order valence-electron chi connectivity index (χ0n) is 16.8. The van der Waals surface area contributed by atoms with Crippen LogP contribution in [0, 0.1) is 0 Å². The van der Waals surface area contributed by atoms with Gasteiger partial charge in [0.2, 0.25) is 0 Å². The lowest BCUT2D eigenvalue weighted by molar-refractivity contribution is -0.119. The van der Waals surface area contributed by atoms with Crippen LogP contribution in [0.5, 0.6) is 0 Å². The quantitative estimate of drug-likeness (QED) is 0.374. The van der Waals surface area contributed by atoms with Crippen LogP contribution >= 0.6 is 31.9 Å². The molecule has 156 valence electrons. The second kappa shape index (κ2) is 10.2. The van der Waals surface area contributed by atoms with Crippen molar-refractivity contribution in [3.8, 4) is 0 Å². The van der Waals surface area contributed by atoms with Crippen LogP contribution in [0.3, 0.4) is 0 Å². The smallest absolute Gasteiger partial charge is 0.339 e. The molecule has 0 bridgehead atoms. The molecular formula is C23H22Br2N2O3. The first-order valence-electron chi connectivity index (χ1n) is 9.77. The van der Waals surface area contributed by atoms with Crippen LogP contribution < -0.4 is 5.32 Å². The number of carbonyl (C=O) groups excluding carboxylic acids is 2. The number of anilines is 1. The first-order chi connectivity index (χ1) is 14.4. The fraction of sp³-hybridized carbons (Fsp3) is 0.261. The second-order valence-corrected chi connectivity index (χ2v) is 8.55. The summed E-state index contributed by atoms with van der Waals surface area (Å²) in [5.74, 6) is -0.913. The van der Waals surface area contributed by atoms with Gasteiger partial charge in [-0.05, 0) is 58.6 Å². The fourth-order valence-corrected chi connectivity index (χ4v) is 4.49. The molecule has 1 aromatic heterocycles. The molecule has 0 aliphatic carbocycles. The van der Waals surface area contributed by atoms with Gasteiger partial charge in [0.25, 0.3) is 5.91 Å². The van der Waals surface area contributed by atoms with Crippen molar-refractivity contribution in [3.05, 3.63) is 68.2 Å². The minimum atomic E-state index is -0.507. The molecule has 0 unspecified atom stereocenters. The number of hydrogen-bond acceptors (Lipinski definition) is 4. The molecule has 1 heterocycles. The maximum atomic E-state index is 13.0. The Morgan fingerprint density at radius 3 is 2.57 bits per heavy atom. The van der Waals surface area contributed by atoms with Crippen LogP contribution in [0.4, 0.5) is 5.69 Å². The van der Waals surface area contributed by atoms with E-state index in [-0.39, 0.29) is 6.61 Å². The van der Waals surface area contributed by atoms with Crippen molar-refractivity contribution in [3.63, 3.8) is 0 Å². The number of esters is 1. The first kappa shape index (κ1) is 22.4. The number of pyridine rings is 1. The van der Waals surface area contributed by atoms with Crippen LogP contribution in [-0.4, -0.2) is 23.5 Å². The van der Waals surface area contributed by atoms with Gasteiger partial charge in [-0.15, -0.1) is 0 Å². The molecule has 5 nitrogen and oxygen atoms in total. The largest absolute Gasteiger partial charge is 0.452 e. The summed E-state index contributed by atoms with van der Waals surface area (Å²) >= 11 is 6.77. The number of hydrogen-bond donors (Lipinski definition) is 1. The highest BCUT2D eigenvalue weighted by molar-refractivity contribution is 9.11. The van der Waals surface area contributed by atoms with Gasteiger partial charge >= 0.3 is 5.97 Å². The molecule has 0 spiro atoms. The second-order valence-electron chi connectivity index (χ2n) is 6.78. The normalized spacial score (nSPS) is 10.8. The maximum Gasteiger partial charge on any atom is 0.339 e. The molecule has 1 N–H and O–H groups in total. The standard InChI is InChI=1S/C23H22Br2N2O3/c1-3-7-18-15(4-2)22(16-8-5-6-9-19(16)26-18)23(29)30-13-21(28)27-20-11-10-14(24)12-17(20)25/h5-6,8-12H,3-4,7,13H2,1-2H3,(H,27,28). The highest BCUT2D eigenvalue weighted by Crippen LogP contribution is 2.27. The van der Waals surface area contributed by atoms with E-state index < -0.39 is 11.9 Å². The van der Waals surface area contributed by atoms with E-state index in [1.54, 1.807) is 6.07 Å². The Balaban J connectivity index is 1.83. The summed E-state index contributed by atoms with van der Waals surface area (Å²) in [5.41, 5.74) is 3.66. The molecular weight excluding hydrogens is 512 g/mol. The third kappa shape index (κ3) is 5.08. The zero-order valence-corrected chi connectivity index (χ0v) is 20.0. The molecule has 0 atom stereocenters. The van der Waals surface area contributed by atoms with E-state index in [2.05, 4.69) is 44.1 Å². The van der Waals surface area contributed by atoms with Crippen molar-refractivity contribution < 1.29 is 14.3 Å². The number of benzene rings is 2. The number of rotatable bonds is 7. The number of amides is 1. The van der Waals surface area contributed by atoms with Crippen LogP contribution in [0.1, 0.15) is 41.9 Å². The molecule has 1 amide bonds. The van der Waals surface area contributed by atoms with Crippen molar-refractivity contribution >= 4 is 60.3 Å². The molecule has 3 aromatic rings. The summed E-state index contributed by atoms with van der Waals surface area (Å²) in [6.07, 6.45) is 2.37. The maximum absolute atomic E-state index is 13.0. The Hall–Kier alpha value is -2.25. The number of nitrogens with zero attached hydrogens (tertiary/aromatic N) is 1. The predicted octanol–water partition coefficient (Wildman–Crippen LogP) is 6.07. The number of aromatic nitrogens is 1. The number of ether oxygens (including phenoxy) is 1. The average molecular weight is 534 g/mol. The number of para-hydroxylation sites is 1. The third-order valence-corrected chi connectivity index (χ3v) is 5.81. The molecule has 3 rings (SSSR count). The van der Waals surface area contributed by atoms with E-state index in [0.29, 0.717) is 17.7 Å². The number of aryl methyl sites for hydroxylation is 1. The first-order valence-corrected chi connectivity index (χ1v) is 11.4. The lowest BCUT2D eigenvalue weighted by atomic mass is 9.96. The number of fused-ring (bicyclic) bond motifs is 1. The van der Waals surface area contributed by atoms with Gasteiger partial charge in [0, 0.05) is 20.0 Å². The van der Waals surface area contributed by atoms with E-state index in [9.17, 15) is 9.59 Å². The number of nitrogens with one attached hydrogen (secondary N) is 1. The van der Waals surface area contributed by atoms with Crippen molar-refractivity contribution in [1.29, 1.82) is 0 Å². The van der Waals surface area contributed by atoms with E-state index >= 15 is 0 Å². The SMILES string of the molecule is CCCc1nc2ccccc2c(C(=O)OCC(=O)Nc2ccc(Br)cc2Br)c1CC. The molecule has 0 aliphatic rings. The topological polar surface area (TPSA) is 68.3 Å². The lowest BCUT2D eigenvalue weighted by Crippen LogP contribution is -2.22. The number of halogens is 2. The highest BCUT2D eigenvalue weighted by Gasteiger charge is 2.21. The van der Waals surface area contributed by atoms with E-state index in [0.717, 1.165) is 43.9 Å². The van der Waals surface area contributed by atoms with Crippen molar-refractivity contribution in [2.24, 2.45) is 0 Å². The summed E-state index contributed by atoms with van der Waals surface area (Å²) in [6, 6.07) is 12.9. The highest BCUT2D eigenvalue weighted by atomic mass is 79.9. The van der Waals surface area contributed by atoms with Gasteiger partial charge in [-0.1, -0.05) is 54.4 Å². The molecule has 0 aliphatic heterocycles. The Labute approximate surface area is 192 Å². The zero-order chi connectivity index (χ0) is 21.7. The summed E-state index contributed by atoms with van der Waals surface area (Å²) in [4.78, 5) is 30.1. The number of carbonyl (C=O) groups is 2. The van der Waals surface area contributed by atoms with E-state index in [1.807, 2.05) is 43.3 Å².